The maximum atomic E-state index is 12.9. The number of carbonyl (C=O) groups is 7. The highest BCUT2D eigenvalue weighted by molar-refractivity contribution is 5.94. The Balaban J connectivity index is 5.61. The predicted molar refractivity (Wildman–Crippen MR) is 120 cm³/mol. The largest absolute Gasteiger partial charge is 0.481 e. The lowest BCUT2D eigenvalue weighted by molar-refractivity contribution is -0.144. The minimum absolute atomic E-state index is 0.110. The summed E-state index contributed by atoms with van der Waals surface area (Å²) in [6.45, 7) is 3.08. The van der Waals surface area contributed by atoms with Crippen molar-refractivity contribution in [3.8, 4) is 0 Å². The summed E-state index contributed by atoms with van der Waals surface area (Å²) in [5.74, 6) is -7.32. The van der Waals surface area contributed by atoms with Crippen molar-refractivity contribution in [3.05, 3.63) is 0 Å². The normalized spacial score (nSPS) is 14.2. The highest BCUT2D eigenvalue weighted by Crippen LogP contribution is 2.07. The monoisotopic (exact) mass is 502 g/mol. The van der Waals surface area contributed by atoms with Gasteiger partial charge in [0.15, 0.2) is 0 Å². The molecule has 4 atom stereocenters. The number of aliphatic carboxylic acids is 2. The van der Waals surface area contributed by atoms with Gasteiger partial charge in [0, 0.05) is 19.3 Å². The van der Waals surface area contributed by atoms with E-state index < -0.39 is 78.0 Å². The van der Waals surface area contributed by atoms with Gasteiger partial charge in [-0.05, 0) is 25.2 Å². The number of hydrogen-bond donors (Lipinski definition) is 8. The predicted octanol–water partition coefficient (Wildman–Crippen LogP) is -3.10. The maximum Gasteiger partial charge on any atom is 0.326 e. The van der Waals surface area contributed by atoms with Crippen molar-refractivity contribution in [3.63, 3.8) is 0 Å². The van der Waals surface area contributed by atoms with Gasteiger partial charge in [-0.15, -0.1) is 0 Å². The number of amides is 5. The van der Waals surface area contributed by atoms with Gasteiger partial charge >= 0.3 is 11.9 Å². The third kappa shape index (κ3) is 12.9. The molecule has 198 valence electrons. The minimum atomic E-state index is -1.46. The van der Waals surface area contributed by atoms with E-state index in [4.69, 9.17) is 22.3 Å². The number of hydrogen-bond acceptors (Lipinski definition) is 8. The Morgan fingerprint density at radius 1 is 0.686 bits per heavy atom. The number of nitrogens with one attached hydrogen (secondary N) is 3. The summed E-state index contributed by atoms with van der Waals surface area (Å²) < 4.78 is 0. The fourth-order valence-electron chi connectivity index (χ4n) is 2.84. The summed E-state index contributed by atoms with van der Waals surface area (Å²) in [5.41, 5.74) is 15.8. The van der Waals surface area contributed by atoms with E-state index in [1.54, 1.807) is 13.8 Å². The second-order valence-corrected chi connectivity index (χ2v) is 8.24. The zero-order valence-electron chi connectivity index (χ0n) is 19.6. The number of carboxylic acids is 2. The fourth-order valence-corrected chi connectivity index (χ4v) is 2.84. The summed E-state index contributed by atoms with van der Waals surface area (Å²) >= 11 is 0. The van der Waals surface area contributed by atoms with Gasteiger partial charge < -0.3 is 43.4 Å². The van der Waals surface area contributed by atoms with Crippen LogP contribution in [0, 0.1) is 5.92 Å². The summed E-state index contributed by atoms with van der Waals surface area (Å²) in [7, 11) is 0. The molecule has 0 aromatic carbocycles. The topological polar surface area (TPSA) is 274 Å². The van der Waals surface area contributed by atoms with Crippen LogP contribution in [0.15, 0.2) is 0 Å². The molecule has 4 unspecified atom stereocenters. The zero-order chi connectivity index (χ0) is 27.3. The molecule has 0 aromatic rings. The molecule has 0 radical (unpaired) electrons. The van der Waals surface area contributed by atoms with Crippen molar-refractivity contribution in [2.24, 2.45) is 23.1 Å². The molecule has 11 N–H and O–H groups in total. The summed E-state index contributed by atoms with van der Waals surface area (Å²) in [6, 6.07) is -5.37. The van der Waals surface area contributed by atoms with Crippen molar-refractivity contribution in [2.45, 2.75) is 76.5 Å². The lowest BCUT2D eigenvalue weighted by Gasteiger charge is -2.25. The van der Waals surface area contributed by atoms with Gasteiger partial charge in [-0.25, -0.2) is 4.79 Å². The average Bonchev–Trinajstić information content (AvgIpc) is 2.74. The first-order valence-electron chi connectivity index (χ1n) is 10.8. The molecule has 0 saturated heterocycles. The minimum Gasteiger partial charge on any atom is -0.481 e. The Labute approximate surface area is 201 Å². The Morgan fingerprint density at radius 3 is 1.54 bits per heavy atom. The first-order valence-corrected chi connectivity index (χ1v) is 10.8. The first-order chi connectivity index (χ1) is 16.1. The Hall–Kier alpha value is -3.75. The van der Waals surface area contributed by atoms with Gasteiger partial charge in [-0.2, -0.15) is 0 Å². The van der Waals surface area contributed by atoms with Crippen molar-refractivity contribution in [1.82, 2.24) is 16.0 Å². The highest BCUT2D eigenvalue weighted by Gasteiger charge is 2.31. The van der Waals surface area contributed by atoms with Crippen molar-refractivity contribution in [1.29, 1.82) is 0 Å². The van der Waals surface area contributed by atoms with Crippen LogP contribution in [0.5, 0.6) is 0 Å². The van der Waals surface area contributed by atoms with Crippen LogP contribution in [0.25, 0.3) is 0 Å². The Morgan fingerprint density at radius 2 is 1.11 bits per heavy atom. The molecule has 0 bridgehead atoms. The van der Waals surface area contributed by atoms with E-state index in [2.05, 4.69) is 16.0 Å². The number of carboxylic acid groups (broad SMARTS) is 2. The number of rotatable bonds is 17. The van der Waals surface area contributed by atoms with Gasteiger partial charge in [0.2, 0.25) is 29.5 Å². The van der Waals surface area contributed by atoms with E-state index >= 15 is 0 Å². The molecule has 0 aliphatic carbocycles. The van der Waals surface area contributed by atoms with Crippen LogP contribution in [0.3, 0.4) is 0 Å². The summed E-state index contributed by atoms with van der Waals surface area (Å²) in [6.07, 6.45) is -1.81. The van der Waals surface area contributed by atoms with Gasteiger partial charge in [-0.1, -0.05) is 13.8 Å². The molecule has 15 nitrogen and oxygen atoms in total. The maximum absolute atomic E-state index is 12.9. The van der Waals surface area contributed by atoms with Crippen LogP contribution < -0.4 is 33.2 Å². The highest BCUT2D eigenvalue weighted by atomic mass is 16.4. The quantitative estimate of drug-likeness (QED) is 0.0991. The molecule has 0 aliphatic heterocycles. The molecule has 0 aliphatic rings. The second-order valence-electron chi connectivity index (χ2n) is 8.24. The molecule has 0 spiro atoms. The molecule has 5 amide bonds. The van der Waals surface area contributed by atoms with Crippen LogP contribution in [0.2, 0.25) is 0 Å². The van der Waals surface area contributed by atoms with Crippen LogP contribution in [0.4, 0.5) is 0 Å². The third-order valence-electron chi connectivity index (χ3n) is 4.86. The van der Waals surface area contributed by atoms with Crippen molar-refractivity contribution >= 4 is 41.5 Å². The van der Waals surface area contributed by atoms with E-state index in [1.807, 2.05) is 0 Å². The molecular formula is C20H34N6O9. The van der Waals surface area contributed by atoms with E-state index in [1.165, 1.54) is 0 Å². The van der Waals surface area contributed by atoms with Crippen LogP contribution in [-0.4, -0.2) is 75.9 Å². The number of primary amides is 2. The molecular weight excluding hydrogens is 468 g/mol. The summed E-state index contributed by atoms with van der Waals surface area (Å²) in [4.78, 5) is 82.4. The van der Waals surface area contributed by atoms with Gasteiger partial charge in [0.05, 0.1) is 6.04 Å². The van der Waals surface area contributed by atoms with Crippen LogP contribution in [0.1, 0.15) is 52.4 Å². The fraction of sp³-hybridized carbons (Fsp3) is 0.650. The van der Waals surface area contributed by atoms with Gasteiger partial charge in [-0.3, -0.25) is 28.8 Å². The molecule has 0 aromatic heterocycles. The van der Waals surface area contributed by atoms with E-state index in [-0.39, 0.29) is 32.1 Å². The van der Waals surface area contributed by atoms with E-state index in [0.717, 1.165) is 0 Å². The first kappa shape index (κ1) is 31.2. The molecule has 15 heteroatoms. The Bertz CT molecular complexity index is 817. The van der Waals surface area contributed by atoms with Crippen LogP contribution >= 0.6 is 0 Å². The lowest BCUT2D eigenvalue weighted by Crippen LogP contribution is -2.57. The molecule has 0 fully saturated rings. The standard InChI is InChI=1S/C20H34N6O9/c1-9(2)16(20(34)35)26-19(33)12(5-8-15(29)30)25-18(32)11(4-7-14(23)28)24-17(31)10(21)3-6-13(22)27/h9-12,16H,3-8,21H2,1-2H3,(H2,22,27)(H2,23,28)(H,24,31)(H,25,32)(H,26,33)(H,29,30)(H,34,35). The van der Waals surface area contributed by atoms with Crippen molar-refractivity contribution < 1.29 is 43.8 Å². The van der Waals surface area contributed by atoms with E-state index in [9.17, 15) is 38.7 Å². The molecule has 0 saturated carbocycles. The van der Waals surface area contributed by atoms with Crippen molar-refractivity contribution in [2.75, 3.05) is 0 Å². The average molecular weight is 503 g/mol. The lowest BCUT2D eigenvalue weighted by atomic mass is 10.0. The van der Waals surface area contributed by atoms with Crippen LogP contribution in [-0.2, 0) is 33.6 Å². The molecule has 0 heterocycles. The molecule has 35 heavy (non-hydrogen) atoms. The summed E-state index contributed by atoms with van der Waals surface area (Å²) in [5, 5.41) is 25.1. The smallest absolute Gasteiger partial charge is 0.326 e. The van der Waals surface area contributed by atoms with Gasteiger partial charge in [0.25, 0.3) is 0 Å². The molecule has 0 rings (SSSR count). The SMILES string of the molecule is CC(C)C(NC(=O)C(CCC(=O)O)NC(=O)C(CCC(N)=O)NC(=O)C(N)CCC(N)=O)C(=O)O. The number of nitrogens with two attached hydrogens (primary N) is 3. The third-order valence-corrected chi connectivity index (χ3v) is 4.86. The number of carbonyl (C=O) groups excluding carboxylic acids is 5. The van der Waals surface area contributed by atoms with E-state index in [0.29, 0.717) is 0 Å². The van der Waals surface area contributed by atoms with Gasteiger partial charge in [0.1, 0.15) is 18.1 Å². The zero-order valence-corrected chi connectivity index (χ0v) is 19.6. The second kappa shape index (κ2) is 15.2. The Kier molecular flexibility index (Phi) is 13.6.